The topological polar surface area (TPSA) is 21.3 Å². The fraction of sp³-hybridized carbons (Fsp3) is 0.571. The fourth-order valence-corrected chi connectivity index (χ4v) is 2.09. The summed E-state index contributed by atoms with van der Waals surface area (Å²) in [6.45, 7) is 6.74. The standard InChI is InChI=1S/C14H22ClNO/c1-3-16-14(9-6-10-17-4-2)12-7-5-8-13(15)11-12/h5,7-8,11,14,16H,3-4,6,9-10H2,1-2H3. The minimum Gasteiger partial charge on any atom is -0.382 e. The largest absolute Gasteiger partial charge is 0.382 e. The second-order valence-electron chi connectivity index (χ2n) is 4.00. The molecule has 1 atom stereocenters. The molecule has 0 radical (unpaired) electrons. The molecule has 1 rings (SSSR count). The highest BCUT2D eigenvalue weighted by Crippen LogP contribution is 2.21. The number of ether oxygens (including phenoxy) is 1. The maximum atomic E-state index is 6.02. The van der Waals surface area contributed by atoms with Crippen LogP contribution in [0, 0.1) is 0 Å². The van der Waals surface area contributed by atoms with Crippen LogP contribution < -0.4 is 5.32 Å². The van der Waals surface area contributed by atoms with Gasteiger partial charge in [0, 0.05) is 24.3 Å². The van der Waals surface area contributed by atoms with Crippen LogP contribution in [0.3, 0.4) is 0 Å². The lowest BCUT2D eigenvalue weighted by Gasteiger charge is -2.18. The van der Waals surface area contributed by atoms with Gasteiger partial charge in [-0.3, -0.25) is 0 Å². The van der Waals surface area contributed by atoms with Crippen LogP contribution >= 0.6 is 11.6 Å². The predicted octanol–water partition coefficient (Wildman–Crippen LogP) is 3.81. The minimum absolute atomic E-state index is 0.374. The van der Waals surface area contributed by atoms with Gasteiger partial charge in [-0.15, -0.1) is 0 Å². The zero-order valence-corrected chi connectivity index (χ0v) is 11.5. The molecule has 0 heterocycles. The second-order valence-corrected chi connectivity index (χ2v) is 4.44. The molecule has 0 aromatic heterocycles. The van der Waals surface area contributed by atoms with Crippen LogP contribution in [0.5, 0.6) is 0 Å². The molecule has 0 amide bonds. The van der Waals surface area contributed by atoms with Gasteiger partial charge in [0.1, 0.15) is 0 Å². The molecule has 0 saturated carbocycles. The highest BCUT2D eigenvalue weighted by atomic mass is 35.5. The maximum absolute atomic E-state index is 6.02. The van der Waals surface area contributed by atoms with Crippen LogP contribution in [0.25, 0.3) is 0 Å². The molecule has 0 saturated heterocycles. The summed E-state index contributed by atoms with van der Waals surface area (Å²) in [6.07, 6.45) is 2.15. The molecule has 0 spiro atoms. The molecule has 0 fully saturated rings. The number of benzene rings is 1. The van der Waals surface area contributed by atoms with E-state index in [0.717, 1.165) is 37.6 Å². The Hall–Kier alpha value is -0.570. The van der Waals surface area contributed by atoms with Crippen LogP contribution in [0.4, 0.5) is 0 Å². The van der Waals surface area contributed by atoms with Crippen LogP contribution in [0.15, 0.2) is 24.3 Å². The predicted molar refractivity (Wildman–Crippen MR) is 73.6 cm³/mol. The van der Waals surface area contributed by atoms with Crippen molar-refractivity contribution in [2.45, 2.75) is 32.7 Å². The van der Waals surface area contributed by atoms with Crippen LogP contribution in [-0.2, 0) is 4.74 Å². The summed E-state index contributed by atoms with van der Waals surface area (Å²) in [5, 5.41) is 4.29. The molecular formula is C14H22ClNO. The highest BCUT2D eigenvalue weighted by molar-refractivity contribution is 6.30. The molecule has 1 aromatic rings. The van der Waals surface area contributed by atoms with Crippen LogP contribution in [0.2, 0.25) is 5.02 Å². The van der Waals surface area contributed by atoms with Crippen molar-refractivity contribution in [3.63, 3.8) is 0 Å². The first kappa shape index (κ1) is 14.5. The number of hydrogen-bond acceptors (Lipinski definition) is 2. The van der Waals surface area contributed by atoms with E-state index < -0.39 is 0 Å². The van der Waals surface area contributed by atoms with Gasteiger partial charge in [0.2, 0.25) is 0 Å². The van der Waals surface area contributed by atoms with E-state index in [1.807, 2.05) is 25.1 Å². The molecule has 1 N–H and O–H groups in total. The molecule has 1 unspecified atom stereocenters. The summed E-state index contributed by atoms with van der Waals surface area (Å²) in [4.78, 5) is 0. The third-order valence-corrected chi connectivity index (χ3v) is 2.92. The summed E-state index contributed by atoms with van der Waals surface area (Å²) in [6, 6.07) is 8.45. The molecule has 17 heavy (non-hydrogen) atoms. The normalized spacial score (nSPS) is 12.6. The summed E-state index contributed by atoms with van der Waals surface area (Å²) in [5.41, 5.74) is 1.26. The van der Waals surface area contributed by atoms with Gasteiger partial charge >= 0.3 is 0 Å². The third-order valence-electron chi connectivity index (χ3n) is 2.69. The molecule has 96 valence electrons. The Kier molecular flexibility index (Phi) is 7.25. The first-order chi connectivity index (χ1) is 8.27. The number of nitrogens with one attached hydrogen (secondary N) is 1. The zero-order valence-electron chi connectivity index (χ0n) is 10.7. The van der Waals surface area contributed by atoms with E-state index in [-0.39, 0.29) is 0 Å². The second kappa shape index (κ2) is 8.51. The van der Waals surface area contributed by atoms with Gasteiger partial charge in [-0.25, -0.2) is 0 Å². The number of rotatable bonds is 8. The van der Waals surface area contributed by atoms with Crippen LogP contribution in [-0.4, -0.2) is 19.8 Å². The first-order valence-electron chi connectivity index (χ1n) is 6.34. The Balaban J connectivity index is 2.52. The van der Waals surface area contributed by atoms with E-state index in [4.69, 9.17) is 16.3 Å². The minimum atomic E-state index is 0.374. The molecule has 0 aliphatic heterocycles. The van der Waals surface area contributed by atoms with Crippen molar-refractivity contribution in [3.05, 3.63) is 34.9 Å². The van der Waals surface area contributed by atoms with Crippen molar-refractivity contribution in [1.29, 1.82) is 0 Å². The smallest absolute Gasteiger partial charge is 0.0466 e. The Morgan fingerprint density at radius 3 is 2.82 bits per heavy atom. The van der Waals surface area contributed by atoms with Crippen molar-refractivity contribution in [3.8, 4) is 0 Å². The fourth-order valence-electron chi connectivity index (χ4n) is 1.89. The van der Waals surface area contributed by atoms with E-state index in [0.29, 0.717) is 6.04 Å². The summed E-state index contributed by atoms with van der Waals surface area (Å²) < 4.78 is 5.37. The van der Waals surface area contributed by atoms with E-state index in [1.54, 1.807) is 0 Å². The van der Waals surface area contributed by atoms with Gasteiger partial charge in [-0.1, -0.05) is 30.7 Å². The highest BCUT2D eigenvalue weighted by Gasteiger charge is 2.09. The Morgan fingerprint density at radius 2 is 2.18 bits per heavy atom. The lowest BCUT2D eigenvalue weighted by Crippen LogP contribution is -2.21. The Labute approximate surface area is 109 Å². The molecular weight excluding hydrogens is 234 g/mol. The van der Waals surface area contributed by atoms with E-state index in [2.05, 4.69) is 18.3 Å². The van der Waals surface area contributed by atoms with Crippen molar-refractivity contribution in [2.75, 3.05) is 19.8 Å². The van der Waals surface area contributed by atoms with Crippen LogP contribution in [0.1, 0.15) is 38.3 Å². The van der Waals surface area contributed by atoms with Gasteiger partial charge < -0.3 is 10.1 Å². The summed E-state index contributed by atoms with van der Waals surface area (Å²) in [5.74, 6) is 0. The average molecular weight is 256 g/mol. The molecule has 1 aromatic carbocycles. The van der Waals surface area contributed by atoms with E-state index in [9.17, 15) is 0 Å². The van der Waals surface area contributed by atoms with Crippen molar-refractivity contribution in [1.82, 2.24) is 5.32 Å². The quantitative estimate of drug-likeness (QED) is 0.714. The third kappa shape index (κ3) is 5.53. The van der Waals surface area contributed by atoms with Gasteiger partial charge in [-0.05, 0) is 44.0 Å². The summed E-state index contributed by atoms with van der Waals surface area (Å²) >= 11 is 6.02. The van der Waals surface area contributed by atoms with Crippen molar-refractivity contribution in [2.24, 2.45) is 0 Å². The molecule has 2 nitrogen and oxygen atoms in total. The van der Waals surface area contributed by atoms with Crippen molar-refractivity contribution < 1.29 is 4.74 Å². The molecule has 0 aliphatic carbocycles. The first-order valence-corrected chi connectivity index (χ1v) is 6.72. The molecule has 0 aliphatic rings. The lowest BCUT2D eigenvalue weighted by molar-refractivity contribution is 0.141. The Morgan fingerprint density at radius 1 is 1.35 bits per heavy atom. The van der Waals surface area contributed by atoms with E-state index >= 15 is 0 Å². The van der Waals surface area contributed by atoms with Crippen molar-refractivity contribution >= 4 is 11.6 Å². The number of hydrogen-bond donors (Lipinski definition) is 1. The Bertz CT molecular complexity index is 317. The van der Waals surface area contributed by atoms with Gasteiger partial charge in [0.15, 0.2) is 0 Å². The molecule has 0 bridgehead atoms. The summed E-state index contributed by atoms with van der Waals surface area (Å²) in [7, 11) is 0. The SMILES string of the molecule is CCNC(CCCOCC)c1cccc(Cl)c1. The molecule has 3 heteroatoms. The maximum Gasteiger partial charge on any atom is 0.0466 e. The van der Waals surface area contributed by atoms with Gasteiger partial charge in [0.05, 0.1) is 0 Å². The van der Waals surface area contributed by atoms with Gasteiger partial charge in [0.25, 0.3) is 0 Å². The van der Waals surface area contributed by atoms with Gasteiger partial charge in [-0.2, -0.15) is 0 Å². The lowest BCUT2D eigenvalue weighted by atomic mass is 10.0. The zero-order chi connectivity index (χ0) is 12.5. The monoisotopic (exact) mass is 255 g/mol. The number of halogens is 1. The van der Waals surface area contributed by atoms with E-state index in [1.165, 1.54) is 5.56 Å². The average Bonchev–Trinajstić information content (AvgIpc) is 2.33.